The van der Waals surface area contributed by atoms with Crippen LogP contribution in [0.25, 0.3) is 0 Å². The van der Waals surface area contributed by atoms with Crippen LogP contribution in [0.3, 0.4) is 0 Å². The van der Waals surface area contributed by atoms with E-state index in [-0.39, 0.29) is 17.9 Å². The van der Waals surface area contributed by atoms with Crippen molar-refractivity contribution >= 4 is 15.9 Å². The van der Waals surface area contributed by atoms with Gasteiger partial charge in [0, 0.05) is 12.1 Å². The summed E-state index contributed by atoms with van der Waals surface area (Å²) in [5, 5.41) is 10.3. The monoisotopic (exact) mass is 309 g/mol. The van der Waals surface area contributed by atoms with Crippen molar-refractivity contribution in [2.75, 3.05) is 12.3 Å². The van der Waals surface area contributed by atoms with Crippen molar-refractivity contribution in [1.29, 1.82) is 0 Å². The summed E-state index contributed by atoms with van der Waals surface area (Å²) in [4.78, 5) is 10.2. The lowest BCUT2D eigenvalue weighted by Crippen LogP contribution is -2.28. The predicted molar refractivity (Wildman–Crippen MR) is 66.6 cm³/mol. The molecule has 0 saturated carbocycles. The number of sulfone groups is 1. The average molecular weight is 309 g/mol. The van der Waals surface area contributed by atoms with Gasteiger partial charge in [-0.05, 0) is 6.07 Å². The second-order valence-corrected chi connectivity index (χ2v) is 5.99. The van der Waals surface area contributed by atoms with Crippen LogP contribution in [0.4, 0.5) is 13.6 Å². The van der Waals surface area contributed by atoms with Crippen LogP contribution in [0, 0.1) is 0 Å². The van der Waals surface area contributed by atoms with Crippen molar-refractivity contribution in [3.63, 3.8) is 0 Å². The van der Waals surface area contributed by atoms with E-state index in [0.717, 1.165) is 0 Å². The van der Waals surface area contributed by atoms with Gasteiger partial charge >= 0.3 is 12.7 Å². The molecule has 9 heteroatoms. The fourth-order valence-corrected chi connectivity index (χ4v) is 2.73. The number of hydrogen-bond acceptors (Lipinski definition) is 4. The van der Waals surface area contributed by atoms with E-state index in [1.165, 1.54) is 24.3 Å². The zero-order valence-electron chi connectivity index (χ0n) is 10.3. The SMILES string of the molecule is O=C(O)NCCS(=O)(=O)Cc1ccccc1OC(F)F. The summed E-state index contributed by atoms with van der Waals surface area (Å²) >= 11 is 0. The van der Waals surface area contributed by atoms with Crippen molar-refractivity contribution in [3.05, 3.63) is 29.8 Å². The van der Waals surface area contributed by atoms with E-state index in [4.69, 9.17) is 5.11 Å². The molecule has 1 aromatic carbocycles. The molecule has 1 rings (SSSR count). The molecule has 112 valence electrons. The molecule has 0 fully saturated rings. The Bertz CT molecular complexity index is 562. The molecule has 1 amide bonds. The van der Waals surface area contributed by atoms with Gasteiger partial charge in [0.05, 0.1) is 11.5 Å². The first-order valence-corrected chi connectivity index (χ1v) is 7.32. The number of amides is 1. The van der Waals surface area contributed by atoms with Gasteiger partial charge in [-0.25, -0.2) is 13.2 Å². The van der Waals surface area contributed by atoms with Crippen LogP contribution < -0.4 is 10.1 Å². The Hall–Kier alpha value is -1.90. The van der Waals surface area contributed by atoms with E-state index in [9.17, 15) is 22.0 Å². The zero-order chi connectivity index (χ0) is 15.2. The fourth-order valence-electron chi connectivity index (χ4n) is 1.46. The third kappa shape index (κ3) is 5.83. The molecule has 20 heavy (non-hydrogen) atoms. The number of hydrogen-bond donors (Lipinski definition) is 2. The number of halogens is 2. The minimum Gasteiger partial charge on any atom is -0.465 e. The van der Waals surface area contributed by atoms with Gasteiger partial charge in [0.2, 0.25) is 0 Å². The Labute approximate surface area is 114 Å². The molecule has 0 radical (unpaired) electrons. The molecule has 0 bridgehead atoms. The number of rotatable bonds is 7. The highest BCUT2D eigenvalue weighted by Crippen LogP contribution is 2.22. The molecule has 1 aromatic rings. The molecule has 0 aromatic heterocycles. The van der Waals surface area contributed by atoms with E-state index in [0.29, 0.717) is 0 Å². The number of alkyl halides is 2. The topological polar surface area (TPSA) is 92.7 Å². The minimum atomic E-state index is -3.64. The van der Waals surface area contributed by atoms with E-state index in [2.05, 4.69) is 4.74 Å². The minimum absolute atomic E-state index is 0.100. The molecule has 0 aliphatic heterocycles. The lowest BCUT2D eigenvalue weighted by Gasteiger charge is -2.11. The lowest BCUT2D eigenvalue weighted by atomic mass is 10.2. The summed E-state index contributed by atoms with van der Waals surface area (Å²) in [6, 6.07) is 5.55. The molecule has 6 nitrogen and oxygen atoms in total. The molecular formula is C11H13F2NO5S. The normalized spacial score (nSPS) is 11.3. The summed E-state index contributed by atoms with van der Waals surface area (Å²) in [6.07, 6.45) is -1.33. The maximum atomic E-state index is 12.2. The summed E-state index contributed by atoms with van der Waals surface area (Å²) in [7, 11) is -3.64. The lowest BCUT2D eigenvalue weighted by molar-refractivity contribution is -0.0503. The number of nitrogens with one attached hydrogen (secondary N) is 1. The molecule has 0 heterocycles. The largest absolute Gasteiger partial charge is 0.465 e. The Kier molecular flexibility index (Phi) is 5.68. The quantitative estimate of drug-likeness (QED) is 0.795. The molecule has 0 aliphatic carbocycles. The molecule has 0 aliphatic rings. The number of carbonyl (C=O) groups is 1. The Morgan fingerprint density at radius 3 is 2.60 bits per heavy atom. The van der Waals surface area contributed by atoms with Gasteiger partial charge in [-0.15, -0.1) is 0 Å². The van der Waals surface area contributed by atoms with Gasteiger partial charge in [-0.2, -0.15) is 8.78 Å². The van der Waals surface area contributed by atoms with Crippen LogP contribution in [0.1, 0.15) is 5.56 Å². The van der Waals surface area contributed by atoms with Crippen LogP contribution >= 0.6 is 0 Å². The van der Waals surface area contributed by atoms with Crippen molar-refractivity contribution < 1.29 is 31.8 Å². The van der Waals surface area contributed by atoms with Crippen molar-refractivity contribution in [3.8, 4) is 5.75 Å². The highest BCUT2D eigenvalue weighted by atomic mass is 32.2. The molecule has 0 atom stereocenters. The average Bonchev–Trinajstić information content (AvgIpc) is 2.29. The first-order chi connectivity index (χ1) is 9.30. The van der Waals surface area contributed by atoms with Gasteiger partial charge in [0.15, 0.2) is 9.84 Å². The van der Waals surface area contributed by atoms with Crippen molar-refractivity contribution in [2.45, 2.75) is 12.4 Å². The van der Waals surface area contributed by atoms with E-state index in [1.807, 2.05) is 5.32 Å². The van der Waals surface area contributed by atoms with Crippen molar-refractivity contribution in [2.24, 2.45) is 0 Å². The second kappa shape index (κ2) is 7.04. The van der Waals surface area contributed by atoms with Crippen LogP contribution in [0.2, 0.25) is 0 Å². The van der Waals surface area contributed by atoms with Crippen LogP contribution in [-0.2, 0) is 15.6 Å². The Morgan fingerprint density at radius 2 is 2.00 bits per heavy atom. The molecule has 0 unspecified atom stereocenters. The molecular weight excluding hydrogens is 296 g/mol. The zero-order valence-corrected chi connectivity index (χ0v) is 11.1. The summed E-state index contributed by atoms with van der Waals surface area (Å²) < 4.78 is 52.1. The van der Waals surface area contributed by atoms with Gasteiger partial charge in [0.1, 0.15) is 5.75 Å². The highest BCUT2D eigenvalue weighted by Gasteiger charge is 2.17. The third-order valence-electron chi connectivity index (χ3n) is 2.25. The number of para-hydroxylation sites is 1. The number of carboxylic acid groups (broad SMARTS) is 1. The number of benzene rings is 1. The molecule has 0 spiro atoms. The maximum absolute atomic E-state index is 12.2. The summed E-state index contributed by atoms with van der Waals surface area (Å²) in [6.45, 7) is -3.32. The van der Waals surface area contributed by atoms with Gasteiger partial charge in [-0.3, -0.25) is 0 Å². The van der Waals surface area contributed by atoms with Crippen LogP contribution in [0.5, 0.6) is 5.75 Å². The van der Waals surface area contributed by atoms with Gasteiger partial charge in [-0.1, -0.05) is 18.2 Å². The maximum Gasteiger partial charge on any atom is 0.404 e. The Morgan fingerprint density at radius 1 is 1.35 bits per heavy atom. The predicted octanol–water partition coefficient (Wildman–Crippen LogP) is 1.47. The van der Waals surface area contributed by atoms with Gasteiger partial charge < -0.3 is 15.2 Å². The first-order valence-electron chi connectivity index (χ1n) is 5.50. The molecule has 0 saturated heterocycles. The smallest absolute Gasteiger partial charge is 0.404 e. The van der Waals surface area contributed by atoms with Crippen LogP contribution in [0.15, 0.2) is 24.3 Å². The van der Waals surface area contributed by atoms with E-state index < -0.39 is 34.0 Å². The molecule has 2 N–H and O–H groups in total. The number of ether oxygens (including phenoxy) is 1. The van der Waals surface area contributed by atoms with Crippen LogP contribution in [-0.4, -0.2) is 38.5 Å². The van der Waals surface area contributed by atoms with Crippen molar-refractivity contribution in [1.82, 2.24) is 5.32 Å². The van der Waals surface area contributed by atoms with Gasteiger partial charge in [0.25, 0.3) is 0 Å². The fraction of sp³-hybridized carbons (Fsp3) is 0.364. The standard InChI is InChI=1S/C11H13F2NO5S/c12-10(13)19-9-4-2-1-3-8(9)7-20(17,18)6-5-14-11(15)16/h1-4,10,14H,5-7H2,(H,15,16). The highest BCUT2D eigenvalue weighted by molar-refractivity contribution is 7.90. The second-order valence-electron chi connectivity index (χ2n) is 3.81. The Balaban J connectivity index is 2.74. The first kappa shape index (κ1) is 16.2. The summed E-state index contributed by atoms with van der Waals surface area (Å²) in [5.41, 5.74) is 0.100. The van der Waals surface area contributed by atoms with E-state index in [1.54, 1.807) is 0 Å². The third-order valence-corrected chi connectivity index (χ3v) is 3.83. The van der Waals surface area contributed by atoms with E-state index >= 15 is 0 Å². The summed E-state index contributed by atoms with van der Waals surface area (Å²) in [5.74, 6) is -1.14.